The summed E-state index contributed by atoms with van der Waals surface area (Å²) >= 11 is 9.02. The Hall–Kier alpha value is -1.15. The van der Waals surface area contributed by atoms with E-state index in [9.17, 15) is 12.8 Å². The smallest absolute Gasteiger partial charge is 0.238 e. The van der Waals surface area contributed by atoms with Gasteiger partial charge in [-0.05, 0) is 40.2 Å². The van der Waals surface area contributed by atoms with Crippen LogP contribution in [0, 0.1) is 5.82 Å². The fraction of sp³-hybridized carbons (Fsp3) is 0.0769. The number of ether oxygens (including phenoxy) is 1. The van der Waals surface area contributed by atoms with Crippen LogP contribution in [0.3, 0.4) is 0 Å². The summed E-state index contributed by atoms with van der Waals surface area (Å²) < 4.78 is 41.6. The zero-order chi connectivity index (χ0) is 15.6. The van der Waals surface area contributed by atoms with E-state index in [1.165, 1.54) is 30.3 Å². The van der Waals surface area contributed by atoms with Crippen LogP contribution in [-0.4, -0.2) is 8.42 Å². The van der Waals surface area contributed by atoms with Gasteiger partial charge in [-0.25, -0.2) is 17.9 Å². The molecule has 0 aliphatic rings. The second-order valence-electron chi connectivity index (χ2n) is 4.14. The predicted octanol–water partition coefficient (Wildman–Crippen LogP) is 3.47. The fourth-order valence-corrected chi connectivity index (χ4v) is 2.96. The highest BCUT2D eigenvalue weighted by Crippen LogP contribution is 2.29. The summed E-state index contributed by atoms with van der Waals surface area (Å²) in [5.74, 6) is -0.135. The molecule has 0 heterocycles. The molecule has 2 aromatic rings. The van der Waals surface area contributed by atoms with E-state index < -0.39 is 15.8 Å². The van der Waals surface area contributed by atoms with Gasteiger partial charge in [-0.2, -0.15) is 0 Å². The Morgan fingerprint density at radius 2 is 2.00 bits per heavy atom. The Bertz CT molecular complexity index is 783. The third kappa shape index (κ3) is 3.94. The van der Waals surface area contributed by atoms with Gasteiger partial charge in [-0.15, -0.1) is 0 Å². The van der Waals surface area contributed by atoms with Crippen LogP contribution in [0.15, 0.2) is 45.8 Å². The quantitative estimate of drug-likeness (QED) is 0.863. The van der Waals surface area contributed by atoms with E-state index in [0.29, 0.717) is 15.8 Å². The van der Waals surface area contributed by atoms with Crippen LogP contribution in [0.1, 0.15) is 5.56 Å². The third-order valence-corrected chi connectivity index (χ3v) is 4.60. The molecule has 0 bridgehead atoms. The van der Waals surface area contributed by atoms with Gasteiger partial charge in [0.1, 0.15) is 18.2 Å². The second kappa shape index (κ2) is 6.31. The minimum atomic E-state index is -3.78. The van der Waals surface area contributed by atoms with Crippen LogP contribution in [0.2, 0.25) is 5.02 Å². The summed E-state index contributed by atoms with van der Waals surface area (Å²) in [6.07, 6.45) is 0. The molecule has 4 nitrogen and oxygen atoms in total. The van der Waals surface area contributed by atoms with Gasteiger partial charge in [-0.1, -0.05) is 23.7 Å². The SMILES string of the molecule is NS(=O)(=O)c1ccc(OCc2cccc(F)c2Cl)c(Br)c1. The van der Waals surface area contributed by atoms with E-state index >= 15 is 0 Å². The summed E-state index contributed by atoms with van der Waals surface area (Å²) in [6, 6.07) is 8.53. The molecule has 0 amide bonds. The van der Waals surface area contributed by atoms with E-state index in [1.807, 2.05) is 0 Å². The molecule has 112 valence electrons. The van der Waals surface area contributed by atoms with Gasteiger partial charge in [0.15, 0.2) is 0 Å². The van der Waals surface area contributed by atoms with E-state index in [4.69, 9.17) is 21.5 Å². The maximum absolute atomic E-state index is 13.3. The summed E-state index contributed by atoms with van der Waals surface area (Å²) in [5.41, 5.74) is 0.485. The molecule has 2 aromatic carbocycles. The van der Waals surface area contributed by atoms with E-state index in [2.05, 4.69) is 15.9 Å². The van der Waals surface area contributed by atoms with Crippen molar-refractivity contribution >= 4 is 37.6 Å². The fourth-order valence-electron chi connectivity index (χ4n) is 1.59. The average Bonchev–Trinajstić information content (AvgIpc) is 2.40. The van der Waals surface area contributed by atoms with Crippen molar-refractivity contribution in [3.8, 4) is 5.75 Å². The van der Waals surface area contributed by atoms with Gasteiger partial charge in [0.05, 0.1) is 14.4 Å². The maximum atomic E-state index is 13.3. The lowest BCUT2D eigenvalue weighted by Gasteiger charge is -2.10. The zero-order valence-corrected chi connectivity index (χ0v) is 13.7. The lowest BCUT2D eigenvalue weighted by Crippen LogP contribution is -2.12. The van der Waals surface area contributed by atoms with Gasteiger partial charge < -0.3 is 4.74 Å². The van der Waals surface area contributed by atoms with Crippen molar-refractivity contribution in [2.45, 2.75) is 11.5 Å². The molecule has 21 heavy (non-hydrogen) atoms. The molecule has 0 aliphatic carbocycles. The van der Waals surface area contributed by atoms with Gasteiger partial charge in [0.25, 0.3) is 0 Å². The van der Waals surface area contributed by atoms with Gasteiger partial charge in [-0.3, -0.25) is 0 Å². The number of hydrogen-bond donors (Lipinski definition) is 1. The molecular formula is C13H10BrClFNO3S. The van der Waals surface area contributed by atoms with Crippen LogP contribution in [0.25, 0.3) is 0 Å². The number of benzene rings is 2. The highest BCUT2D eigenvalue weighted by atomic mass is 79.9. The van der Waals surface area contributed by atoms with Crippen molar-refractivity contribution in [3.63, 3.8) is 0 Å². The third-order valence-electron chi connectivity index (χ3n) is 2.65. The van der Waals surface area contributed by atoms with Crippen molar-refractivity contribution in [2.24, 2.45) is 5.14 Å². The molecule has 8 heteroatoms. The van der Waals surface area contributed by atoms with Crippen LogP contribution < -0.4 is 9.88 Å². The molecule has 0 unspecified atom stereocenters. The van der Waals surface area contributed by atoms with Gasteiger partial charge >= 0.3 is 0 Å². The summed E-state index contributed by atoms with van der Waals surface area (Å²) in [7, 11) is -3.78. The Morgan fingerprint density at radius 3 is 2.62 bits per heavy atom. The molecule has 2 N–H and O–H groups in total. The maximum Gasteiger partial charge on any atom is 0.238 e. The first kappa shape index (κ1) is 16.2. The molecule has 0 aliphatic heterocycles. The normalized spacial score (nSPS) is 11.4. The molecule has 0 aromatic heterocycles. The van der Waals surface area contributed by atoms with Crippen molar-refractivity contribution in [3.05, 3.63) is 57.3 Å². The van der Waals surface area contributed by atoms with Crippen LogP contribution in [0.5, 0.6) is 5.75 Å². The largest absolute Gasteiger partial charge is 0.488 e. The van der Waals surface area contributed by atoms with Crippen molar-refractivity contribution in [1.82, 2.24) is 0 Å². The molecule has 0 spiro atoms. The van der Waals surface area contributed by atoms with Gasteiger partial charge in [0, 0.05) is 5.56 Å². The molecule has 0 saturated carbocycles. The van der Waals surface area contributed by atoms with Crippen molar-refractivity contribution < 1.29 is 17.5 Å². The Kier molecular flexibility index (Phi) is 4.88. The standard InChI is InChI=1S/C13H10BrClFNO3S/c14-10-6-9(21(17,18)19)4-5-12(10)20-7-8-2-1-3-11(16)13(8)15/h1-6H,7H2,(H2,17,18,19). The Morgan fingerprint density at radius 1 is 1.29 bits per heavy atom. The lowest BCUT2D eigenvalue weighted by molar-refractivity contribution is 0.303. The minimum Gasteiger partial charge on any atom is -0.488 e. The lowest BCUT2D eigenvalue weighted by atomic mass is 10.2. The van der Waals surface area contributed by atoms with Crippen LogP contribution >= 0.6 is 27.5 Å². The molecule has 0 fully saturated rings. The number of nitrogens with two attached hydrogens (primary N) is 1. The van der Waals surface area contributed by atoms with Crippen molar-refractivity contribution in [2.75, 3.05) is 0 Å². The Labute approximate surface area is 134 Å². The minimum absolute atomic E-state index is 0.00483. The van der Waals surface area contributed by atoms with E-state index in [0.717, 1.165) is 0 Å². The monoisotopic (exact) mass is 393 g/mol. The van der Waals surface area contributed by atoms with Crippen molar-refractivity contribution in [1.29, 1.82) is 0 Å². The predicted molar refractivity (Wildman–Crippen MR) is 81.3 cm³/mol. The van der Waals surface area contributed by atoms with E-state index in [-0.39, 0.29) is 16.5 Å². The topological polar surface area (TPSA) is 69.4 Å². The Balaban J connectivity index is 2.19. The highest BCUT2D eigenvalue weighted by molar-refractivity contribution is 9.10. The van der Waals surface area contributed by atoms with Gasteiger partial charge in [0.2, 0.25) is 10.0 Å². The molecule has 0 radical (unpaired) electrons. The highest BCUT2D eigenvalue weighted by Gasteiger charge is 2.12. The first-order chi connectivity index (χ1) is 9.79. The van der Waals surface area contributed by atoms with E-state index in [1.54, 1.807) is 6.07 Å². The van der Waals surface area contributed by atoms with Crippen LogP contribution in [0.4, 0.5) is 4.39 Å². The first-order valence-electron chi connectivity index (χ1n) is 5.67. The van der Waals surface area contributed by atoms with Crippen LogP contribution in [-0.2, 0) is 16.6 Å². The zero-order valence-electron chi connectivity index (χ0n) is 10.5. The summed E-state index contributed by atoms with van der Waals surface area (Å²) in [6.45, 7) is 0.0456. The number of halogens is 3. The number of rotatable bonds is 4. The second-order valence-corrected chi connectivity index (χ2v) is 6.93. The summed E-state index contributed by atoms with van der Waals surface area (Å²) in [4.78, 5) is -0.0366. The number of primary sulfonamides is 1. The number of sulfonamides is 1. The molecule has 0 atom stereocenters. The molecule has 0 saturated heterocycles. The number of hydrogen-bond acceptors (Lipinski definition) is 3. The molecule has 2 rings (SSSR count). The average molecular weight is 395 g/mol. The summed E-state index contributed by atoms with van der Waals surface area (Å²) in [5, 5.41) is 5.02. The molecular weight excluding hydrogens is 385 g/mol. The first-order valence-corrected chi connectivity index (χ1v) is 8.39.